The Balaban J connectivity index is 1.93. The van der Waals surface area contributed by atoms with Crippen LogP contribution in [0.1, 0.15) is 24.1 Å². The van der Waals surface area contributed by atoms with Crippen molar-refractivity contribution >= 4 is 12.0 Å². The van der Waals surface area contributed by atoms with E-state index in [2.05, 4.69) is 5.32 Å². The Morgan fingerprint density at radius 2 is 1.58 bits per heavy atom. The number of carbonyl (C=O) groups is 1. The van der Waals surface area contributed by atoms with Crippen LogP contribution in [0.15, 0.2) is 66.7 Å². The second kappa shape index (κ2) is 6.55. The topological polar surface area (TPSA) is 29.1 Å². The molecule has 0 saturated heterocycles. The highest BCUT2D eigenvalue weighted by atomic mass is 16.1. The Bertz CT molecular complexity index is 546. The highest BCUT2D eigenvalue weighted by Crippen LogP contribution is 2.11. The van der Waals surface area contributed by atoms with Crippen LogP contribution in [-0.4, -0.2) is 5.91 Å². The second-order valence-corrected chi connectivity index (χ2v) is 4.38. The lowest BCUT2D eigenvalue weighted by Crippen LogP contribution is -2.24. The molecule has 0 aliphatic carbocycles. The highest BCUT2D eigenvalue weighted by molar-refractivity contribution is 5.91. The summed E-state index contributed by atoms with van der Waals surface area (Å²) in [6.07, 6.45) is 3.38. The SMILES string of the molecule is C[C@@H](NC(=O)/C=C/c1ccccc1)c1ccccc1. The summed E-state index contributed by atoms with van der Waals surface area (Å²) in [5.74, 6) is -0.0831. The van der Waals surface area contributed by atoms with Crippen molar-refractivity contribution in [3.8, 4) is 0 Å². The van der Waals surface area contributed by atoms with Crippen LogP contribution in [0.3, 0.4) is 0 Å². The fraction of sp³-hybridized carbons (Fsp3) is 0.118. The van der Waals surface area contributed by atoms with E-state index in [1.165, 1.54) is 0 Å². The fourth-order valence-corrected chi connectivity index (χ4v) is 1.82. The number of benzene rings is 2. The molecule has 0 aliphatic rings. The lowest BCUT2D eigenvalue weighted by atomic mass is 10.1. The van der Waals surface area contributed by atoms with E-state index in [0.717, 1.165) is 11.1 Å². The minimum Gasteiger partial charge on any atom is -0.346 e. The first-order chi connectivity index (χ1) is 9.25. The average Bonchev–Trinajstić information content (AvgIpc) is 2.47. The minimum atomic E-state index is -0.0831. The summed E-state index contributed by atoms with van der Waals surface area (Å²) >= 11 is 0. The third kappa shape index (κ3) is 4.11. The van der Waals surface area contributed by atoms with Crippen LogP contribution in [0.4, 0.5) is 0 Å². The second-order valence-electron chi connectivity index (χ2n) is 4.38. The van der Waals surface area contributed by atoms with Gasteiger partial charge in [0.25, 0.3) is 0 Å². The largest absolute Gasteiger partial charge is 0.346 e. The summed E-state index contributed by atoms with van der Waals surface area (Å²) in [7, 11) is 0. The van der Waals surface area contributed by atoms with Gasteiger partial charge in [0.15, 0.2) is 0 Å². The Kier molecular flexibility index (Phi) is 4.51. The molecule has 2 aromatic carbocycles. The van der Waals surface area contributed by atoms with Gasteiger partial charge in [0.1, 0.15) is 0 Å². The first kappa shape index (κ1) is 13.1. The summed E-state index contributed by atoms with van der Waals surface area (Å²) in [6, 6.07) is 19.7. The lowest BCUT2D eigenvalue weighted by molar-refractivity contribution is -0.117. The summed E-state index contributed by atoms with van der Waals surface area (Å²) < 4.78 is 0. The van der Waals surface area contributed by atoms with Crippen LogP contribution in [0.5, 0.6) is 0 Å². The number of hydrogen-bond donors (Lipinski definition) is 1. The molecule has 0 spiro atoms. The molecule has 0 radical (unpaired) electrons. The van der Waals surface area contributed by atoms with Crippen molar-refractivity contribution in [2.75, 3.05) is 0 Å². The molecule has 2 rings (SSSR count). The van der Waals surface area contributed by atoms with Gasteiger partial charge in [-0.2, -0.15) is 0 Å². The van der Waals surface area contributed by atoms with Crippen molar-refractivity contribution in [1.82, 2.24) is 5.32 Å². The maximum absolute atomic E-state index is 11.8. The normalized spacial score (nSPS) is 12.3. The number of hydrogen-bond acceptors (Lipinski definition) is 1. The molecule has 0 aliphatic heterocycles. The van der Waals surface area contributed by atoms with Gasteiger partial charge in [0.2, 0.25) is 5.91 Å². The van der Waals surface area contributed by atoms with Gasteiger partial charge in [-0.05, 0) is 24.1 Å². The van der Waals surface area contributed by atoms with Crippen molar-refractivity contribution in [1.29, 1.82) is 0 Å². The number of nitrogens with one attached hydrogen (secondary N) is 1. The summed E-state index contributed by atoms with van der Waals surface area (Å²) in [6.45, 7) is 1.98. The van der Waals surface area contributed by atoms with Gasteiger partial charge in [-0.15, -0.1) is 0 Å². The predicted molar refractivity (Wildman–Crippen MR) is 78.5 cm³/mol. The average molecular weight is 251 g/mol. The van der Waals surface area contributed by atoms with Crippen LogP contribution in [-0.2, 0) is 4.79 Å². The molecule has 19 heavy (non-hydrogen) atoms. The molecule has 1 amide bonds. The Morgan fingerprint density at radius 1 is 1.00 bits per heavy atom. The molecule has 0 heterocycles. The van der Waals surface area contributed by atoms with Crippen molar-refractivity contribution in [2.45, 2.75) is 13.0 Å². The van der Waals surface area contributed by atoms with Crippen molar-refractivity contribution < 1.29 is 4.79 Å². The molecule has 1 atom stereocenters. The van der Waals surface area contributed by atoms with Crippen LogP contribution in [0.2, 0.25) is 0 Å². The molecule has 2 aromatic rings. The molecule has 2 heteroatoms. The summed E-state index contributed by atoms with van der Waals surface area (Å²) in [4.78, 5) is 11.8. The third-order valence-electron chi connectivity index (χ3n) is 2.89. The minimum absolute atomic E-state index is 0.00845. The van der Waals surface area contributed by atoms with Crippen LogP contribution in [0, 0.1) is 0 Å². The lowest BCUT2D eigenvalue weighted by Gasteiger charge is -2.12. The van der Waals surface area contributed by atoms with Crippen LogP contribution in [0.25, 0.3) is 6.08 Å². The van der Waals surface area contributed by atoms with Gasteiger partial charge in [0, 0.05) is 6.08 Å². The Hall–Kier alpha value is -2.35. The van der Waals surface area contributed by atoms with E-state index in [1.54, 1.807) is 6.08 Å². The molecule has 0 saturated carbocycles. The number of amides is 1. The zero-order valence-electron chi connectivity index (χ0n) is 10.9. The smallest absolute Gasteiger partial charge is 0.244 e. The van der Waals surface area contributed by atoms with E-state index in [1.807, 2.05) is 73.7 Å². The monoisotopic (exact) mass is 251 g/mol. The van der Waals surface area contributed by atoms with Crippen molar-refractivity contribution in [3.63, 3.8) is 0 Å². The zero-order chi connectivity index (χ0) is 13.5. The maximum Gasteiger partial charge on any atom is 0.244 e. The molecule has 1 N–H and O–H groups in total. The summed E-state index contributed by atoms with van der Waals surface area (Å²) in [5.41, 5.74) is 2.12. The van der Waals surface area contributed by atoms with E-state index >= 15 is 0 Å². The van der Waals surface area contributed by atoms with Gasteiger partial charge in [-0.3, -0.25) is 4.79 Å². The molecular formula is C17H17NO. The van der Waals surface area contributed by atoms with Gasteiger partial charge in [-0.1, -0.05) is 60.7 Å². The first-order valence-electron chi connectivity index (χ1n) is 6.34. The maximum atomic E-state index is 11.8. The van der Waals surface area contributed by atoms with Gasteiger partial charge in [-0.25, -0.2) is 0 Å². The molecule has 0 aromatic heterocycles. The Labute approximate surface area is 113 Å². The molecule has 96 valence electrons. The Morgan fingerprint density at radius 3 is 2.21 bits per heavy atom. The van der Waals surface area contributed by atoms with Crippen molar-refractivity contribution in [2.24, 2.45) is 0 Å². The number of rotatable bonds is 4. The zero-order valence-corrected chi connectivity index (χ0v) is 10.9. The first-order valence-corrected chi connectivity index (χ1v) is 6.34. The van der Waals surface area contributed by atoms with Gasteiger partial charge in [0.05, 0.1) is 6.04 Å². The van der Waals surface area contributed by atoms with Gasteiger partial charge >= 0.3 is 0 Å². The molecule has 2 nitrogen and oxygen atoms in total. The quantitative estimate of drug-likeness (QED) is 0.827. The third-order valence-corrected chi connectivity index (χ3v) is 2.89. The predicted octanol–water partition coefficient (Wildman–Crippen LogP) is 3.58. The van der Waals surface area contributed by atoms with E-state index in [9.17, 15) is 4.79 Å². The standard InChI is InChI=1S/C17H17NO/c1-14(16-10-6-3-7-11-16)18-17(19)13-12-15-8-4-2-5-9-15/h2-14H,1H3,(H,18,19)/b13-12+/t14-/m1/s1. The molecule has 0 unspecified atom stereocenters. The van der Waals surface area contributed by atoms with Crippen LogP contribution < -0.4 is 5.32 Å². The van der Waals surface area contributed by atoms with E-state index in [-0.39, 0.29) is 11.9 Å². The van der Waals surface area contributed by atoms with Crippen LogP contribution >= 0.6 is 0 Å². The fourth-order valence-electron chi connectivity index (χ4n) is 1.82. The van der Waals surface area contributed by atoms with E-state index in [0.29, 0.717) is 0 Å². The van der Waals surface area contributed by atoms with Gasteiger partial charge < -0.3 is 5.32 Å². The molecule has 0 fully saturated rings. The highest BCUT2D eigenvalue weighted by Gasteiger charge is 2.06. The molecule has 0 bridgehead atoms. The summed E-state index contributed by atoms with van der Waals surface area (Å²) in [5, 5.41) is 2.94. The van der Waals surface area contributed by atoms with E-state index in [4.69, 9.17) is 0 Å². The van der Waals surface area contributed by atoms with E-state index < -0.39 is 0 Å². The molecular weight excluding hydrogens is 234 g/mol. The number of carbonyl (C=O) groups excluding carboxylic acids is 1. The van der Waals surface area contributed by atoms with Crippen molar-refractivity contribution in [3.05, 3.63) is 77.9 Å².